The molecule has 0 aromatic rings. The second kappa shape index (κ2) is 5.79. The predicted molar refractivity (Wildman–Crippen MR) is 60.2 cm³/mol. The quantitative estimate of drug-likeness (QED) is 0.605. The molecule has 1 rings (SSSR count). The maximum Gasteiger partial charge on any atom is 0.137 e. The number of allylic oxidation sites excluding steroid dienone is 3. The molecule has 0 aromatic heterocycles. The van der Waals surface area contributed by atoms with Crippen LogP contribution < -0.4 is 0 Å². The summed E-state index contributed by atoms with van der Waals surface area (Å²) in [7, 11) is 0. The molecular formula is C13H20O. The van der Waals surface area contributed by atoms with Crippen LogP contribution in [0.15, 0.2) is 23.8 Å². The molecule has 0 bridgehead atoms. The van der Waals surface area contributed by atoms with Crippen molar-refractivity contribution in [3.8, 4) is 0 Å². The standard InChI is InChI=1S/C13H20O/c1-11(2)8-9-13(14)10-12-6-4-3-5-7-12/h6H,1,3-5,7-10H2,2H3. The van der Waals surface area contributed by atoms with Gasteiger partial charge in [-0.15, -0.1) is 6.58 Å². The van der Waals surface area contributed by atoms with Crippen LogP contribution in [0.3, 0.4) is 0 Å². The SMILES string of the molecule is C=C(C)CCC(=O)CC1=CCCCC1. The highest BCUT2D eigenvalue weighted by Gasteiger charge is 2.08. The lowest BCUT2D eigenvalue weighted by Gasteiger charge is -2.11. The molecule has 1 aliphatic carbocycles. The first-order valence-corrected chi connectivity index (χ1v) is 5.52. The summed E-state index contributed by atoms with van der Waals surface area (Å²) < 4.78 is 0. The summed E-state index contributed by atoms with van der Waals surface area (Å²) in [5.74, 6) is 0.376. The van der Waals surface area contributed by atoms with Gasteiger partial charge in [-0.1, -0.05) is 17.2 Å². The molecule has 0 saturated carbocycles. The summed E-state index contributed by atoms with van der Waals surface area (Å²) >= 11 is 0. The fraction of sp³-hybridized carbons (Fsp3) is 0.615. The molecule has 14 heavy (non-hydrogen) atoms. The molecule has 1 aliphatic rings. The first-order valence-electron chi connectivity index (χ1n) is 5.52. The van der Waals surface area contributed by atoms with E-state index in [1.807, 2.05) is 6.92 Å². The molecule has 0 atom stereocenters. The Morgan fingerprint density at radius 3 is 2.79 bits per heavy atom. The zero-order valence-electron chi connectivity index (χ0n) is 9.14. The topological polar surface area (TPSA) is 17.1 Å². The van der Waals surface area contributed by atoms with Crippen molar-refractivity contribution >= 4 is 5.78 Å². The summed E-state index contributed by atoms with van der Waals surface area (Å²) in [6.45, 7) is 5.79. The van der Waals surface area contributed by atoms with Gasteiger partial charge in [0, 0.05) is 12.8 Å². The minimum atomic E-state index is 0.376. The molecule has 0 aromatic carbocycles. The smallest absolute Gasteiger partial charge is 0.137 e. The molecular weight excluding hydrogens is 172 g/mol. The largest absolute Gasteiger partial charge is 0.299 e. The third kappa shape index (κ3) is 4.40. The van der Waals surface area contributed by atoms with Gasteiger partial charge in [0.15, 0.2) is 0 Å². The van der Waals surface area contributed by atoms with E-state index in [2.05, 4.69) is 12.7 Å². The van der Waals surface area contributed by atoms with Crippen molar-refractivity contribution in [1.82, 2.24) is 0 Å². The number of hydrogen-bond acceptors (Lipinski definition) is 1. The Balaban J connectivity index is 2.25. The normalized spacial score (nSPS) is 16.2. The number of ketones is 1. The summed E-state index contributed by atoms with van der Waals surface area (Å²) in [4.78, 5) is 11.5. The lowest BCUT2D eigenvalue weighted by Crippen LogP contribution is -2.02. The van der Waals surface area contributed by atoms with E-state index in [9.17, 15) is 4.79 Å². The number of carbonyl (C=O) groups excluding carboxylic acids is 1. The molecule has 0 amide bonds. The molecule has 0 heterocycles. The van der Waals surface area contributed by atoms with Crippen LogP contribution in [0.1, 0.15) is 51.9 Å². The third-order valence-electron chi connectivity index (χ3n) is 2.64. The van der Waals surface area contributed by atoms with E-state index < -0.39 is 0 Å². The highest BCUT2D eigenvalue weighted by atomic mass is 16.1. The van der Waals surface area contributed by atoms with Crippen molar-refractivity contribution in [3.05, 3.63) is 23.8 Å². The van der Waals surface area contributed by atoms with Crippen molar-refractivity contribution in [2.75, 3.05) is 0 Å². The van der Waals surface area contributed by atoms with E-state index in [4.69, 9.17) is 0 Å². The second-order valence-corrected chi connectivity index (χ2v) is 4.28. The third-order valence-corrected chi connectivity index (χ3v) is 2.64. The monoisotopic (exact) mass is 192 g/mol. The van der Waals surface area contributed by atoms with E-state index in [1.165, 1.54) is 24.8 Å². The molecule has 1 nitrogen and oxygen atoms in total. The molecule has 0 fully saturated rings. The van der Waals surface area contributed by atoms with Crippen LogP contribution in [0, 0.1) is 0 Å². The number of carbonyl (C=O) groups is 1. The molecule has 0 saturated heterocycles. The van der Waals surface area contributed by atoms with Gasteiger partial charge in [-0.25, -0.2) is 0 Å². The van der Waals surface area contributed by atoms with E-state index in [1.54, 1.807) is 0 Å². The molecule has 1 heteroatoms. The zero-order valence-corrected chi connectivity index (χ0v) is 9.14. The Labute approximate surface area is 86.9 Å². The Morgan fingerprint density at radius 1 is 1.43 bits per heavy atom. The van der Waals surface area contributed by atoms with E-state index in [-0.39, 0.29) is 0 Å². The first-order chi connectivity index (χ1) is 6.68. The van der Waals surface area contributed by atoms with Gasteiger partial charge in [0.2, 0.25) is 0 Å². The van der Waals surface area contributed by atoms with Gasteiger partial charge in [-0.3, -0.25) is 4.79 Å². The van der Waals surface area contributed by atoms with Crippen LogP contribution >= 0.6 is 0 Å². The Morgan fingerprint density at radius 2 is 2.21 bits per heavy atom. The van der Waals surface area contributed by atoms with Crippen molar-refractivity contribution in [1.29, 1.82) is 0 Å². The summed E-state index contributed by atoms with van der Waals surface area (Å²) in [6, 6.07) is 0. The van der Waals surface area contributed by atoms with Crippen molar-refractivity contribution in [3.63, 3.8) is 0 Å². The zero-order chi connectivity index (χ0) is 10.4. The predicted octanol–water partition coefficient (Wildman–Crippen LogP) is 3.80. The number of hydrogen-bond donors (Lipinski definition) is 0. The van der Waals surface area contributed by atoms with Gasteiger partial charge in [-0.2, -0.15) is 0 Å². The molecule has 0 aliphatic heterocycles. The van der Waals surface area contributed by atoms with E-state index in [0.29, 0.717) is 18.6 Å². The van der Waals surface area contributed by atoms with Crippen molar-refractivity contribution in [2.45, 2.75) is 51.9 Å². The highest BCUT2D eigenvalue weighted by Crippen LogP contribution is 2.21. The fourth-order valence-electron chi connectivity index (χ4n) is 1.76. The summed E-state index contributed by atoms with van der Waals surface area (Å²) in [5, 5.41) is 0. The van der Waals surface area contributed by atoms with Crippen molar-refractivity contribution in [2.24, 2.45) is 0 Å². The van der Waals surface area contributed by atoms with Gasteiger partial charge in [-0.05, 0) is 39.0 Å². The van der Waals surface area contributed by atoms with Crippen LogP contribution in [-0.2, 0) is 4.79 Å². The molecule has 0 unspecified atom stereocenters. The number of Topliss-reactive ketones (excluding diaryl/α,β-unsaturated/α-hetero) is 1. The molecule has 0 spiro atoms. The Hall–Kier alpha value is -0.850. The summed E-state index contributed by atoms with van der Waals surface area (Å²) in [5.41, 5.74) is 2.47. The second-order valence-electron chi connectivity index (χ2n) is 4.28. The van der Waals surface area contributed by atoms with Gasteiger partial charge in [0.1, 0.15) is 5.78 Å². The van der Waals surface area contributed by atoms with Gasteiger partial charge < -0.3 is 0 Å². The maximum atomic E-state index is 11.5. The van der Waals surface area contributed by atoms with Crippen LogP contribution in [0.5, 0.6) is 0 Å². The fourth-order valence-corrected chi connectivity index (χ4v) is 1.76. The minimum absolute atomic E-state index is 0.376. The van der Waals surface area contributed by atoms with Crippen LogP contribution in [0.2, 0.25) is 0 Å². The first kappa shape index (κ1) is 11.2. The average molecular weight is 192 g/mol. The Kier molecular flexibility index (Phi) is 4.64. The van der Waals surface area contributed by atoms with Crippen molar-refractivity contribution < 1.29 is 4.79 Å². The number of rotatable bonds is 5. The van der Waals surface area contributed by atoms with Crippen LogP contribution in [0.25, 0.3) is 0 Å². The minimum Gasteiger partial charge on any atom is -0.299 e. The van der Waals surface area contributed by atoms with E-state index in [0.717, 1.165) is 18.4 Å². The van der Waals surface area contributed by atoms with Crippen LogP contribution in [-0.4, -0.2) is 5.78 Å². The van der Waals surface area contributed by atoms with Gasteiger partial charge in [0.25, 0.3) is 0 Å². The highest BCUT2D eigenvalue weighted by molar-refractivity contribution is 5.81. The molecule has 0 radical (unpaired) electrons. The molecule has 78 valence electrons. The Bertz CT molecular complexity index is 248. The van der Waals surface area contributed by atoms with Gasteiger partial charge in [0.05, 0.1) is 0 Å². The lowest BCUT2D eigenvalue weighted by atomic mass is 9.94. The maximum absolute atomic E-state index is 11.5. The van der Waals surface area contributed by atoms with Gasteiger partial charge >= 0.3 is 0 Å². The lowest BCUT2D eigenvalue weighted by molar-refractivity contribution is -0.118. The molecule has 0 N–H and O–H groups in total. The summed E-state index contributed by atoms with van der Waals surface area (Å²) in [6.07, 6.45) is 9.33. The van der Waals surface area contributed by atoms with E-state index >= 15 is 0 Å². The van der Waals surface area contributed by atoms with Crippen LogP contribution in [0.4, 0.5) is 0 Å². The average Bonchev–Trinajstić information content (AvgIpc) is 2.16.